The van der Waals surface area contributed by atoms with Crippen LogP contribution in [0.15, 0.2) is 54.3 Å². The van der Waals surface area contributed by atoms with Gasteiger partial charge in [0.05, 0.1) is 0 Å². The van der Waals surface area contributed by atoms with Gasteiger partial charge in [0.15, 0.2) is 0 Å². The number of aliphatic carboxylic acids is 1. The van der Waals surface area contributed by atoms with Crippen LogP contribution in [0.1, 0.15) is 5.56 Å². The monoisotopic (exact) mass is 242 g/mol. The first-order chi connectivity index (χ1) is 8.59. The average Bonchev–Trinajstić information content (AvgIpc) is 2.37. The van der Waals surface area contributed by atoms with E-state index in [0.717, 1.165) is 18.2 Å². The molecular weight excluding hydrogens is 232 g/mol. The number of carboxylic acids is 1. The van der Waals surface area contributed by atoms with Gasteiger partial charge in [-0.25, -0.2) is 4.79 Å². The summed E-state index contributed by atoms with van der Waals surface area (Å²) < 4.78 is 0. The predicted molar refractivity (Wildman–Crippen MR) is 65.8 cm³/mol. The standard InChI is InChI=1S/C14H10O4/c15-12(7-4-8-13(16)14(17)18)10-9-11-5-2-1-3-6-11/h1-8,16H,(H,17,18)/b7-4+,13-8-. The summed E-state index contributed by atoms with van der Waals surface area (Å²) in [6.07, 6.45) is 3.12. The molecule has 0 aliphatic heterocycles. The molecule has 90 valence electrons. The zero-order valence-electron chi connectivity index (χ0n) is 9.33. The van der Waals surface area contributed by atoms with Crippen LogP contribution < -0.4 is 0 Å². The van der Waals surface area contributed by atoms with E-state index in [9.17, 15) is 9.59 Å². The molecule has 0 aliphatic carbocycles. The molecule has 0 atom stereocenters. The third-order valence-corrected chi connectivity index (χ3v) is 1.82. The summed E-state index contributed by atoms with van der Waals surface area (Å²) in [5, 5.41) is 17.1. The highest BCUT2D eigenvalue weighted by molar-refractivity contribution is 6.04. The Morgan fingerprint density at radius 3 is 2.39 bits per heavy atom. The highest BCUT2D eigenvalue weighted by Crippen LogP contribution is 1.95. The van der Waals surface area contributed by atoms with E-state index >= 15 is 0 Å². The maximum atomic E-state index is 11.2. The number of carbonyl (C=O) groups excluding carboxylic acids is 1. The van der Waals surface area contributed by atoms with Gasteiger partial charge in [-0.05, 0) is 30.2 Å². The normalized spacial score (nSPS) is 10.8. The van der Waals surface area contributed by atoms with E-state index in [1.807, 2.05) is 6.07 Å². The number of aliphatic hydroxyl groups excluding tert-OH is 1. The minimum Gasteiger partial charge on any atom is -0.502 e. The lowest BCUT2D eigenvalue weighted by atomic mass is 10.2. The lowest BCUT2D eigenvalue weighted by molar-refractivity contribution is -0.135. The molecule has 18 heavy (non-hydrogen) atoms. The molecule has 0 aromatic heterocycles. The SMILES string of the molecule is O=C(C#Cc1ccccc1)/C=C/C=C(\O)C(=O)O. The van der Waals surface area contributed by atoms with Crippen LogP contribution in [-0.2, 0) is 9.59 Å². The number of hydrogen-bond donors (Lipinski definition) is 2. The first-order valence-electron chi connectivity index (χ1n) is 5.01. The van der Waals surface area contributed by atoms with E-state index in [2.05, 4.69) is 11.8 Å². The number of benzene rings is 1. The van der Waals surface area contributed by atoms with E-state index in [4.69, 9.17) is 10.2 Å². The number of hydrogen-bond acceptors (Lipinski definition) is 3. The van der Waals surface area contributed by atoms with Gasteiger partial charge in [0.1, 0.15) is 0 Å². The number of carbonyl (C=O) groups is 2. The Hall–Kier alpha value is -2.80. The second-order valence-corrected chi connectivity index (χ2v) is 3.20. The van der Waals surface area contributed by atoms with Crippen molar-refractivity contribution < 1.29 is 19.8 Å². The fourth-order valence-electron chi connectivity index (χ4n) is 0.995. The van der Waals surface area contributed by atoms with Gasteiger partial charge in [0, 0.05) is 5.56 Å². The van der Waals surface area contributed by atoms with Crippen LogP contribution in [0.3, 0.4) is 0 Å². The lowest BCUT2D eigenvalue weighted by Gasteiger charge is -1.86. The molecule has 0 saturated heterocycles. The second-order valence-electron chi connectivity index (χ2n) is 3.20. The van der Waals surface area contributed by atoms with Gasteiger partial charge in [0.2, 0.25) is 11.5 Å². The van der Waals surface area contributed by atoms with Gasteiger partial charge in [-0.15, -0.1) is 0 Å². The highest BCUT2D eigenvalue weighted by Gasteiger charge is 1.99. The zero-order valence-corrected chi connectivity index (χ0v) is 9.33. The summed E-state index contributed by atoms with van der Waals surface area (Å²) in [7, 11) is 0. The van der Waals surface area contributed by atoms with Gasteiger partial charge in [-0.2, -0.15) is 0 Å². The van der Waals surface area contributed by atoms with Crippen molar-refractivity contribution in [2.45, 2.75) is 0 Å². The number of carboxylic acid groups (broad SMARTS) is 1. The first kappa shape index (κ1) is 13.3. The molecule has 0 heterocycles. The van der Waals surface area contributed by atoms with Crippen molar-refractivity contribution in [2.24, 2.45) is 0 Å². The summed E-state index contributed by atoms with van der Waals surface area (Å²) in [4.78, 5) is 21.5. The molecule has 1 aromatic rings. The van der Waals surface area contributed by atoms with E-state index in [1.54, 1.807) is 24.3 Å². The fraction of sp³-hybridized carbons (Fsp3) is 0. The lowest BCUT2D eigenvalue weighted by Crippen LogP contribution is -1.97. The molecule has 1 rings (SSSR count). The van der Waals surface area contributed by atoms with Crippen LogP contribution in [0.25, 0.3) is 0 Å². The number of rotatable bonds is 3. The fourth-order valence-corrected chi connectivity index (χ4v) is 0.995. The third-order valence-electron chi connectivity index (χ3n) is 1.82. The Balaban J connectivity index is 2.64. The Morgan fingerprint density at radius 1 is 1.11 bits per heavy atom. The van der Waals surface area contributed by atoms with Crippen molar-refractivity contribution in [3.8, 4) is 11.8 Å². The quantitative estimate of drug-likeness (QED) is 0.366. The second kappa shape index (κ2) is 6.71. The molecular formula is C14H10O4. The molecule has 0 amide bonds. The number of aliphatic hydroxyl groups is 1. The van der Waals surface area contributed by atoms with E-state index < -0.39 is 17.5 Å². The molecule has 0 unspecified atom stereocenters. The Morgan fingerprint density at radius 2 is 1.78 bits per heavy atom. The largest absolute Gasteiger partial charge is 0.502 e. The minimum absolute atomic E-state index is 0.478. The van der Waals surface area contributed by atoms with Crippen molar-refractivity contribution in [1.82, 2.24) is 0 Å². The molecule has 0 aliphatic rings. The van der Waals surface area contributed by atoms with Crippen LogP contribution >= 0.6 is 0 Å². The average molecular weight is 242 g/mol. The Kier molecular flexibility index (Phi) is 4.95. The Bertz CT molecular complexity index is 556. The van der Waals surface area contributed by atoms with Crippen LogP contribution in [0, 0.1) is 11.8 Å². The van der Waals surface area contributed by atoms with Gasteiger partial charge >= 0.3 is 5.97 Å². The van der Waals surface area contributed by atoms with Gasteiger partial charge in [-0.3, -0.25) is 4.79 Å². The zero-order chi connectivity index (χ0) is 13.4. The highest BCUT2D eigenvalue weighted by atomic mass is 16.4. The van der Waals surface area contributed by atoms with Crippen LogP contribution in [-0.4, -0.2) is 22.0 Å². The van der Waals surface area contributed by atoms with Gasteiger partial charge in [-0.1, -0.05) is 30.2 Å². The maximum Gasteiger partial charge on any atom is 0.370 e. The summed E-state index contributed by atoms with van der Waals surface area (Å²) in [5.74, 6) is 2.25. The first-order valence-corrected chi connectivity index (χ1v) is 5.01. The molecule has 2 N–H and O–H groups in total. The molecule has 0 fully saturated rings. The van der Waals surface area contributed by atoms with Crippen molar-refractivity contribution in [1.29, 1.82) is 0 Å². The van der Waals surface area contributed by atoms with E-state index in [1.165, 1.54) is 0 Å². The number of allylic oxidation sites excluding steroid dienone is 3. The third kappa shape index (κ3) is 4.81. The molecule has 0 bridgehead atoms. The summed E-state index contributed by atoms with van der Waals surface area (Å²) >= 11 is 0. The predicted octanol–water partition coefficient (Wildman–Crippen LogP) is 1.69. The topological polar surface area (TPSA) is 74.6 Å². The molecule has 0 radical (unpaired) electrons. The van der Waals surface area contributed by atoms with E-state index in [-0.39, 0.29) is 0 Å². The molecule has 0 spiro atoms. The van der Waals surface area contributed by atoms with Crippen LogP contribution in [0.4, 0.5) is 0 Å². The van der Waals surface area contributed by atoms with Crippen LogP contribution in [0.5, 0.6) is 0 Å². The van der Waals surface area contributed by atoms with Crippen molar-refractivity contribution in [3.05, 3.63) is 59.9 Å². The summed E-state index contributed by atoms with van der Waals surface area (Å²) in [5.41, 5.74) is 0.711. The van der Waals surface area contributed by atoms with E-state index in [0.29, 0.717) is 5.56 Å². The molecule has 0 saturated carbocycles. The molecule has 4 heteroatoms. The maximum absolute atomic E-state index is 11.2. The Labute approximate surface area is 104 Å². The number of ketones is 1. The van der Waals surface area contributed by atoms with Crippen LogP contribution in [0.2, 0.25) is 0 Å². The molecule has 4 nitrogen and oxygen atoms in total. The van der Waals surface area contributed by atoms with Crippen molar-refractivity contribution in [2.75, 3.05) is 0 Å². The minimum atomic E-state index is -1.46. The van der Waals surface area contributed by atoms with Crippen molar-refractivity contribution in [3.63, 3.8) is 0 Å². The van der Waals surface area contributed by atoms with Gasteiger partial charge in [0.25, 0.3) is 0 Å². The smallest absolute Gasteiger partial charge is 0.370 e. The summed E-state index contributed by atoms with van der Waals surface area (Å²) in [6, 6.07) is 8.97. The van der Waals surface area contributed by atoms with Gasteiger partial charge < -0.3 is 10.2 Å². The summed E-state index contributed by atoms with van der Waals surface area (Å²) in [6.45, 7) is 0. The van der Waals surface area contributed by atoms with Crippen molar-refractivity contribution >= 4 is 11.8 Å². The molecule has 1 aromatic carbocycles.